The van der Waals surface area contributed by atoms with Crippen molar-refractivity contribution in [2.45, 2.75) is 26.0 Å². The monoisotopic (exact) mass is 350 g/mol. The largest absolute Gasteiger partial charge is 0.461 e. The highest BCUT2D eigenvalue weighted by molar-refractivity contribution is 5.74. The van der Waals surface area contributed by atoms with Gasteiger partial charge in [-0.1, -0.05) is 42.5 Å². The Hall–Kier alpha value is -2.33. The molecular weight excluding hydrogens is 324 g/mol. The average Bonchev–Trinajstić information content (AvgIpc) is 3.54. The number of para-hydroxylation sites is 1. The molecule has 2 aromatic carbocycles. The second-order valence-corrected chi connectivity index (χ2v) is 7.30. The minimum Gasteiger partial charge on any atom is -0.461 e. The van der Waals surface area contributed by atoms with E-state index in [4.69, 9.17) is 4.74 Å². The molecule has 4 nitrogen and oxygen atoms in total. The molecule has 0 bridgehead atoms. The van der Waals surface area contributed by atoms with Gasteiger partial charge in [0.25, 0.3) is 0 Å². The van der Waals surface area contributed by atoms with Gasteiger partial charge >= 0.3 is 5.97 Å². The maximum absolute atomic E-state index is 11.6. The third-order valence-electron chi connectivity index (χ3n) is 5.21. The number of ether oxygens (including phenoxy) is 1. The molecule has 1 saturated carbocycles. The highest BCUT2D eigenvalue weighted by Gasteiger charge is 2.31. The number of carbonyl (C=O) groups excluding carboxylic acids is 1. The quantitative estimate of drug-likeness (QED) is 0.747. The Morgan fingerprint density at radius 2 is 1.54 bits per heavy atom. The van der Waals surface area contributed by atoms with E-state index in [0.29, 0.717) is 6.61 Å². The summed E-state index contributed by atoms with van der Waals surface area (Å²) in [7, 11) is 0. The lowest BCUT2D eigenvalue weighted by Crippen LogP contribution is -2.45. The zero-order valence-corrected chi connectivity index (χ0v) is 15.1. The maximum atomic E-state index is 11.6. The van der Waals surface area contributed by atoms with Gasteiger partial charge in [-0.15, -0.1) is 0 Å². The van der Waals surface area contributed by atoms with Crippen LogP contribution < -0.4 is 4.90 Å². The molecule has 0 aromatic heterocycles. The minimum atomic E-state index is -0.0367. The number of piperazine rings is 1. The molecule has 2 aromatic rings. The van der Waals surface area contributed by atoms with Gasteiger partial charge in [0.2, 0.25) is 0 Å². The Labute approximate surface area is 155 Å². The highest BCUT2D eigenvalue weighted by Crippen LogP contribution is 2.30. The van der Waals surface area contributed by atoms with Crippen molar-refractivity contribution >= 4 is 11.7 Å². The fourth-order valence-corrected chi connectivity index (χ4v) is 3.39. The summed E-state index contributed by atoms with van der Waals surface area (Å²) < 4.78 is 5.34. The molecule has 136 valence electrons. The Bertz CT molecular complexity index is 718. The van der Waals surface area contributed by atoms with Crippen LogP contribution in [0.3, 0.4) is 0 Å². The van der Waals surface area contributed by atoms with E-state index in [0.717, 1.165) is 51.1 Å². The second-order valence-electron chi connectivity index (χ2n) is 7.30. The molecule has 2 fully saturated rings. The molecule has 0 spiro atoms. The fourth-order valence-electron chi connectivity index (χ4n) is 3.39. The van der Waals surface area contributed by atoms with Crippen LogP contribution in [-0.4, -0.2) is 37.0 Å². The number of hydrogen-bond acceptors (Lipinski definition) is 4. The van der Waals surface area contributed by atoms with Gasteiger partial charge in [0.15, 0.2) is 0 Å². The van der Waals surface area contributed by atoms with Gasteiger partial charge < -0.3 is 9.64 Å². The molecule has 4 heteroatoms. The average molecular weight is 350 g/mol. The van der Waals surface area contributed by atoms with E-state index in [1.807, 2.05) is 0 Å². The van der Waals surface area contributed by atoms with Crippen molar-refractivity contribution in [3.05, 3.63) is 65.7 Å². The predicted molar refractivity (Wildman–Crippen MR) is 103 cm³/mol. The van der Waals surface area contributed by atoms with Gasteiger partial charge in [-0.3, -0.25) is 9.69 Å². The molecule has 1 aliphatic heterocycles. The summed E-state index contributed by atoms with van der Waals surface area (Å²) in [6.45, 7) is 5.67. The molecule has 0 N–H and O–H groups in total. The number of esters is 1. The van der Waals surface area contributed by atoms with Crippen molar-refractivity contribution in [2.75, 3.05) is 31.1 Å². The summed E-state index contributed by atoms with van der Waals surface area (Å²) in [5, 5.41) is 0. The zero-order valence-electron chi connectivity index (χ0n) is 15.1. The van der Waals surface area contributed by atoms with Gasteiger partial charge in [0.05, 0.1) is 5.92 Å². The van der Waals surface area contributed by atoms with E-state index < -0.39 is 0 Å². The van der Waals surface area contributed by atoms with E-state index in [2.05, 4.69) is 64.4 Å². The molecule has 0 radical (unpaired) electrons. The van der Waals surface area contributed by atoms with Crippen molar-refractivity contribution < 1.29 is 9.53 Å². The number of benzene rings is 2. The zero-order chi connectivity index (χ0) is 17.8. The summed E-state index contributed by atoms with van der Waals surface area (Å²) in [5.74, 6) is 0.134. The van der Waals surface area contributed by atoms with Crippen molar-refractivity contribution in [1.29, 1.82) is 0 Å². The van der Waals surface area contributed by atoms with Crippen LogP contribution in [0.1, 0.15) is 24.0 Å². The van der Waals surface area contributed by atoms with Crippen LogP contribution in [0.25, 0.3) is 0 Å². The van der Waals surface area contributed by atoms with Crippen molar-refractivity contribution in [2.24, 2.45) is 5.92 Å². The maximum Gasteiger partial charge on any atom is 0.309 e. The van der Waals surface area contributed by atoms with E-state index in [-0.39, 0.29) is 11.9 Å². The van der Waals surface area contributed by atoms with Crippen LogP contribution in [0, 0.1) is 5.92 Å². The van der Waals surface area contributed by atoms with Crippen LogP contribution >= 0.6 is 0 Å². The Kier molecular flexibility index (Phi) is 5.21. The molecule has 0 atom stereocenters. The molecule has 1 heterocycles. The summed E-state index contributed by atoms with van der Waals surface area (Å²) in [6, 6.07) is 19.1. The number of anilines is 1. The SMILES string of the molecule is O=C(OCc1ccc(CN2CCN(c3ccccc3)CC2)cc1)C1CC1. The molecule has 4 rings (SSSR count). The summed E-state index contributed by atoms with van der Waals surface area (Å²) in [6.07, 6.45) is 1.99. The normalized spacial score (nSPS) is 17.9. The van der Waals surface area contributed by atoms with Gasteiger partial charge in [-0.25, -0.2) is 0 Å². The lowest BCUT2D eigenvalue weighted by molar-refractivity contribution is -0.146. The summed E-state index contributed by atoms with van der Waals surface area (Å²) >= 11 is 0. The highest BCUT2D eigenvalue weighted by atomic mass is 16.5. The predicted octanol–water partition coefficient (Wildman–Crippen LogP) is 3.46. The van der Waals surface area contributed by atoms with E-state index in [9.17, 15) is 4.79 Å². The fraction of sp³-hybridized carbons (Fsp3) is 0.409. The van der Waals surface area contributed by atoms with E-state index in [1.54, 1.807) is 0 Å². The lowest BCUT2D eigenvalue weighted by atomic mass is 10.1. The van der Waals surface area contributed by atoms with Crippen molar-refractivity contribution in [3.8, 4) is 0 Å². The van der Waals surface area contributed by atoms with Crippen molar-refractivity contribution in [3.63, 3.8) is 0 Å². The first-order valence-corrected chi connectivity index (χ1v) is 9.55. The van der Waals surface area contributed by atoms with Gasteiger partial charge in [0.1, 0.15) is 6.61 Å². The topological polar surface area (TPSA) is 32.8 Å². The third-order valence-corrected chi connectivity index (χ3v) is 5.21. The van der Waals surface area contributed by atoms with E-state index in [1.165, 1.54) is 11.3 Å². The smallest absolute Gasteiger partial charge is 0.309 e. The minimum absolute atomic E-state index is 0.0367. The van der Waals surface area contributed by atoms with Gasteiger partial charge in [-0.2, -0.15) is 0 Å². The van der Waals surface area contributed by atoms with Crippen LogP contribution in [0.4, 0.5) is 5.69 Å². The Morgan fingerprint density at radius 1 is 0.885 bits per heavy atom. The van der Waals surface area contributed by atoms with Crippen molar-refractivity contribution in [1.82, 2.24) is 4.90 Å². The number of nitrogens with zero attached hydrogens (tertiary/aromatic N) is 2. The molecule has 1 saturated heterocycles. The molecule has 2 aliphatic rings. The van der Waals surface area contributed by atoms with Crippen LogP contribution in [0.15, 0.2) is 54.6 Å². The molecule has 0 unspecified atom stereocenters. The third kappa shape index (κ3) is 4.44. The number of hydrogen-bond donors (Lipinski definition) is 0. The number of rotatable bonds is 6. The molecular formula is C22H26N2O2. The first kappa shape index (κ1) is 17.1. The van der Waals surface area contributed by atoms with Crippen LogP contribution in [-0.2, 0) is 22.7 Å². The Balaban J connectivity index is 1.24. The lowest BCUT2D eigenvalue weighted by Gasteiger charge is -2.36. The first-order chi connectivity index (χ1) is 12.8. The van der Waals surface area contributed by atoms with E-state index >= 15 is 0 Å². The summed E-state index contributed by atoms with van der Waals surface area (Å²) in [4.78, 5) is 16.6. The van der Waals surface area contributed by atoms with Gasteiger partial charge in [0, 0.05) is 38.4 Å². The molecule has 0 amide bonds. The standard InChI is InChI=1S/C22H26N2O2/c25-22(20-10-11-20)26-17-19-8-6-18(7-9-19)16-23-12-14-24(15-13-23)21-4-2-1-3-5-21/h1-9,20H,10-17H2. The second kappa shape index (κ2) is 7.92. The number of carbonyl (C=O) groups is 1. The van der Waals surface area contributed by atoms with Gasteiger partial charge in [-0.05, 0) is 36.1 Å². The molecule has 26 heavy (non-hydrogen) atoms. The summed E-state index contributed by atoms with van der Waals surface area (Å²) in [5.41, 5.74) is 3.70. The van der Waals surface area contributed by atoms with Crippen LogP contribution in [0.2, 0.25) is 0 Å². The molecule has 1 aliphatic carbocycles. The first-order valence-electron chi connectivity index (χ1n) is 9.55. The Morgan fingerprint density at radius 3 is 2.19 bits per heavy atom. The van der Waals surface area contributed by atoms with Crippen LogP contribution in [0.5, 0.6) is 0 Å².